The summed E-state index contributed by atoms with van der Waals surface area (Å²) in [4.78, 5) is 24.3. The average molecular weight is 748 g/mol. The molecule has 0 spiro atoms. The molecule has 8 nitrogen and oxygen atoms in total. The summed E-state index contributed by atoms with van der Waals surface area (Å²) in [5, 5.41) is -0.560. The Balaban J connectivity index is 0.000000185. The zero-order valence-corrected chi connectivity index (χ0v) is 28.5. The van der Waals surface area contributed by atoms with Crippen LogP contribution in [-0.4, -0.2) is 41.7 Å². The van der Waals surface area contributed by atoms with Crippen LogP contribution in [0.2, 0.25) is 0 Å². The van der Waals surface area contributed by atoms with Gasteiger partial charge in [0.15, 0.2) is 11.6 Å². The van der Waals surface area contributed by atoms with E-state index in [2.05, 4.69) is 20.2 Å². The van der Waals surface area contributed by atoms with E-state index >= 15 is 0 Å². The van der Waals surface area contributed by atoms with E-state index in [1.807, 2.05) is 13.8 Å². The fraction of sp³-hybridized carbons (Fsp3) is 0.267. The van der Waals surface area contributed by atoms with E-state index in [1.54, 1.807) is 54.6 Å². The van der Waals surface area contributed by atoms with Crippen LogP contribution < -0.4 is 0 Å². The van der Waals surface area contributed by atoms with Gasteiger partial charge in [0.25, 0.3) is 20.0 Å². The molecular weight excluding hydrogens is 718 g/mol. The molecule has 1 unspecified atom stereocenters. The summed E-state index contributed by atoms with van der Waals surface area (Å²) in [5.74, 6) is -0.167. The number of hydrogen-bond donors (Lipinski definition) is 0. The number of aromatic nitrogens is 2. The molecule has 2 aliphatic carbocycles. The van der Waals surface area contributed by atoms with Crippen molar-refractivity contribution in [3.8, 4) is 0 Å². The third-order valence-electron chi connectivity index (χ3n) is 7.37. The molecule has 0 aliphatic heterocycles. The Morgan fingerprint density at radius 2 is 1.11 bits per heavy atom. The molecule has 2 aromatic carbocycles. The summed E-state index contributed by atoms with van der Waals surface area (Å²) in [6.07, 6.45) is 5.70. The Morgan fingerprint density at radius 1 is 0.682 bits per heavy atom. The van der Waals surface area contributed by atoms with Gasteiger partial charge in [-0.1, -0.05) is 35.4 Å². The van der Waals surface area contributed by atoms with Gasteiger partial charge in [0.05, 0.1) is 15.2 Å². The molecule has 0 saturated heterocycles. The van der Waals surface area contributed by atoms with Crippen molar-refractivity contribution in [2.45, 2.75) is 61.1 Å². The van der Waals surface area contributed by atoms with Crippen molar-refractivity contribution in [3.05, 3.63) is 107 Å². The summed E-state index contributed by atoms with van der Waals surface area (Å²) in [5.41, 5.74) is 4.10. The van der Waals surface area contributed by atoms with Crippen molar-refractivity contribution in [1.82, 2.24) is 7.94 Å². The Kier molecular flexibility index (Phi) is 11.3. The fourth-order valence-electron chi connectivity index (χ4n) is 5.07. The number of hydrogen-bond acceptors (Lipinski definition) is 6. The number of benzene rings is 2. The minimum atomic E-state index is -3.67. The van der Waals surface area contributed by atoms with Gasteiger partial charge >= 0.3 is 33.3 Å². The number of ketones is 2. The number of carbonyl (C=O) groups is 2. The Bertz CT molecular complexity index is 1890. The van der Waals surface area contributed by atoms with Crippen molar-refractivity contribution in [1.29, 1.82) is 0 Å². The van der Waals surface area contributed by atoms with Crippen LogP contribution in [0.25, 0.3) is 0 Å². The summed E-state index contributed by atoms with van der Waals surface area (Å²) >= 11 is 6.70. The van der Waals surface area contributed by atoms with E-state index in [4.69, 9.17) is 11.6 Å². The first-order chi connectivity index (χ1) is 20.8. The molecule has 6 rings (SSSR count). The van der Waals surface area contributed by atoms with Gasteiger partial charge in [0.2, 0.25) is 0 Å². The van der Waals surface area contributed by atoms with Crippen molar-refractivity contribution in [3.63, 3.8) is 0 Å². The van der Waals surface area contributed by atoms with Crippen molar-refractivity contribution in [2.24, 2.45) is 0 Å². The van der Waals surface area contributed by atoms with Crippen LogP contribution in [0.15, 0.2) is 82.8 Å². The summed E-state index contributed by atoms with van der Waals surface area (Å²) < 4.78 is 53.1. The second-order valence-corrected chi connectivity index (χ2v) is 16.0. The third kappa shape index (κ3) is 7.20. The van der Waals surface area contributed by atoms with Gasteiger partial charge in [-0.15, -0.1) is 11.6 Å². The first-order valence-corrected chi connectivity index (χ1v) is 19.3. The third-order valence-corrected chi connectivity index (χ3v) is 11.2. The van der Waals surface area contributed by atoms with Gasteiger partial charge in [0.1, 0.15) is 0 Å². The number of Topliss-reactive ketones (excluding diaryl/α,β-unsaturated/α-hetero) is 2. The normalized spacial score (nSPS) is 16.2. The number of rotatable bonds is 4. The summed E-state index contributed by atoms with van der Waals surface area (Å²) in [6.45, 7) is 3.81. The number of nitrogens with zero attached hydrogens (tertiary/aromatic N) is 2. The van der Waals surface area contributed by atoms with Crippen molar-refractivity contribution >= 4 is 63.4 Å². The molecule has 1 atom stereocenters. The predicted molar refractivity (Wildman–Crippen MR) is 168 cm³/mol. The van der Waals surface area contributed by atoms with E-state index in [-0.39, 0.29) is 21.4 Å². The van der Waals surface area contributed by atoms with E-state index in [1.165, 1.54) is 26.4 Å². The molecule has 0 radical (unpaired) electrons. The van der Waals surface area contributed by atoms with Crippen LogP contribution in [-0.2, 0) is 46.0 Å². The van der Waals surface area contributed by atoms with E-state index in [0.29, 0.717) is 54.6 Å². The molecular formula is C30H29Cl3CuN2O6S2. The topological polar surface area (TPSA) is 112 Å². The van der Waals surface area contributed by atoms with Crippen LogP contribution >= 0.6 is 31.8 Å². The maximum atomic E-state index is 12.7. The van der Waals surface area contributed by atoms with Crippen LogP contribution in [0.4, 0.5) is 0 Å². The number of fused-ring (bicyclic) bond motifs is 2. The second kappa shape index (κ2) is 14.4. The molecule has 0 N–H and O–H groups in total. The molecule has 0 fully saturated rings. The monoisotopic (exact) mass is 745 g/mol. The van der Waals surface area contributed by atoms with Gasteiger partial charge < -0.3 is 0 Å². The second-order valence-electron chi connectivity index (χ2n) is 10.3. The molecule has 14 heteroatoms. The van der Waals surface area contributed by atoms with Crippen LogP contribution in [0, 0.1) is 13.8 Å². The first kappa shape index (κ1) is 34.5. The SMILES string of the molecule is Cc1ccc(S(=O)(=O)n2ccc3c2CCC(Cl)C3=O)cc1.Cc1ccc(S(=O)(=O)n2ccc3c2CCCC3=O)cc1.[Cl][Cu][Cl]. The van der Waals surface area contributed by atoms with Crippen LogP contribution in [0.5, 0.6) is 0 Å². The standard InChI is InChI=1S/C15H14ClNO3S.C15H15NO3S.2ClH.Cu/c1-10-2-4-11(5-3-10)21(19,20)17-9-8-12-14(17)7-6-13(16)15(12)18;1-11-5-7-12(8-6-11)20(18,19)16-10-9-13-14(16)3-2-4-15(13)17;;;/h2-5,8-9,13H,6-7H2,1H3;5-10H,2-4H2,1H3;2*1H;/q;;;;+2/p-2. The van der Waals surface area contributed by atoms with E-state index < -0.39 is 25.4 Å². The van der Waals surface area contributed by atoms with Gasteiger partial charge in [0, 0.05) is 41.3 Å². The van der Waals surface area contributed by atoms with Crippen molar-refractivity contribution < 1.29 is 39.6 Å². The van der Waals surface area contributed by atoms with Gasteiger partial charge in [-0.2, -0.15) is 0 Å². The molecule has 0 bridgehead atoms. The Morgan fingerprint density at radius 3 is 1.59 bits per heavy atom. The number of carbonyl (C=O) groups excluding carboxylic acids is 2. The zero-order chi connectivity index (χ0) is 32.2. The summed E-state index contributed by atoms with van der Waals surface area (Å²) in [6, 6.07) is 16.6. The maximum absolute atomic E-state index is 12.7. The Labute approximate surface area is 277 Å². The van der Waals surface area contributed by atoms with Gasteiger partial charge in [-0.25, -0.2) is 24.8 Å². The molecule has 0 amide bonds. The number of aryl methyl sites for hydroxylation is 2. The molecule has 2 aromatic heterocycles. The Hall–Kier alpha value is -2.37. The van der Waals surface area contributed by atoms with E-state index in [9.17, 15) is 26.4 Å². The summed E-state index contributed by atoms with van der Waals surface area (Å²) in [7, 11) is 2.05. The van der Waals surface area contributed by atoms with Crippen LogP contribution in [0.1, 0.15) is 62.5 Å². The molecule has 4 aromatic rings. The molecule has 44 heavy (non-hydrogen) atoms. The fourth-order valence-corrected chi connectivity index (χ4v) is 8.12. The molecule has 0 saturated carbocycles. The van der Waals surface area contributed by atoms with E-state index in [0.717, 1.165) is 24.3 Å². The molecule has 2 heterocycles. The average Bonchev–Trinajstić information content (AvgIpc) is 3.63. The van der Waals surface area contributed by atoms with Crippen LogP contribution in [0.3, 0.4) is 0 Å². The molecule has 2 aliphatic rings. The first-order valence-electron chi connectivity index (χ1n) is 13.4. The van der Waals surface area contributed by atoms with Gasteiger partial charge in [-0.3, -0.25) is 9.59 Å². The predicted octanol–water partition coefficient (Wildman–Crippen LogP) is 6.70. The number of alkyl halides is 1. The molecule has 239 valence electrons. The quantitative estimate of drug-likeness (QED) is 0.170. The number of halogens is 3. The van der Waals surface area contributed by atoms with Crippen molar-refractivity contribution in [2.75, 3.05) is 0 Å². The minimum absolute atomic E-state index is 0.0316. The van der Waals surface area contributed by atoms with Gasteiger partial charge in [-0.05, 0) is 75.9 Å². The zero-order valence-electron chi connectivity index (χ0n) is 23.6.